The summed E-state index contributed by atoms with van der Waals surface area (Å²) in [4.78, 5) is 23.5. The predicted octanol–water partition coefficient (Wildman–Crippen LogP) is 3.55. The van der Waals surface area contributed by atoms with Crippen molar-refractivity contribution in [3.05, 3.63) is 66.6 Å². The molecule has 204 valence electrons. The Hall–Kier alpha value is -3.97. The van der Waals surface area contributed by atoms with Crippen molar-refractivity contribution in [2.75, 3.05) is 25.9 Å². The molecule has 0 amide bonds. The number of hydrogen-bond donors (Lipinski definition) is 0. The van der Waals surface area contributed by atoms with Crippen LogP contribution in [0.2, 0.25) is 0 Å². The average molecular weight is 558 g/mol. The highest BCUT2D eigenvalue weighted by Gasteiger charge is 2.24. The molecule has 0 unspecified atom stereocenters. The molecule has 0 atom stereocenters. The number of sulfone groups is 1. The van der Waals surface area contributed by atoms with Gasteiger partial charge in [-0.25, -0.2) is 23.1 Å². The molecule has 0 N–H and O–H groups in total. The Morgan fingerprint density at radius 3 is 2.38 bits per heavy atom. The number of ether oxygens (including phenoxy) is 2. The quantitative estimate of drug-likeness (QED) is 0.285. The molecule has 1 fully saturated rings. The first-order chi connectivity index (χ1) is 18.7. The molecule has 39 heavy (non-hydrogen) atoms. The number of benzene rings is 2. The van der Waals surface area contributed by atoms with Crippen LogP contribution in [0.15, 0.2) is 66.0 Å². The van der Waals surface area contributed by atoms with Crippen LogP contribution in [0.4, 0.5) is 8.78 Å². The monoisotopic (exact) mass is 557 g/mol. The molecule has 5 rings (SSSR count). The van der Waals surface area contributed by atoms with E-state index in [-0.39, 0.29) is 29.1 Å². The molecule has 1 aliphatic rings. The van der Waals surface area contributed by atoms with Crippen LogP contribution in [0.5, 0.6) is 11.6 Å². The molecule has 0 radical (unpaired) electrons. The minimum atomic E-state index is -3.31. The van der Waals surface area contributed by atoms with E-state index in [2.05, 4.69) is 19.8 Å². The van der Waals surface area contributed by atoms with Crippen molar-refractivity contribution in [3.63, 3.8) is 0 Å². The summed E-state index contributed by atoms with van der Waals surface area (Å²) in [5.74, 6) is 0.306. The summed E-state index contributed by atoms with van der Waals surface area (Å²) in [6.07, 6.45) is 5.41. The van der Waals surface area contributed by atoms with E-state index in [1.54, 1.807) is 23.0 Å². The van der Waals surface area contributed by atoms with Gasteiger partial charge in [0, 0.05) is 24.9 Å². The van der Waals surface area contributed by atoms with Gasteiger partial charge >= 0.3 is 6.61 Å². The normalized spacial score (nSPS) is 15.1. The number of likely N-dealkylation sites (tertiary alicyclic amines) is 1. The molecule has 3 heterocycles. The largest absolute Gasteiger partial charge is 0.474 e. The second-order valence-corrected chi connectivity index (χ2v) is 11.2. The van der Waals surface area contributed by atoms with E-state index in [0.717, 1.165) is 6.26 Å². The van der Waals surface area contributed by atoms with Gasteiger partial charge in [-0.2, -0.15) is 13.9 Å². The number of fused-ring (bicyclic) bond motifs is 1. The first-order valence-corrected chi connectivity index (χ1v) is 14.0. The highest BCUT2D eigenvalue weighted by atomic mass is 32.2. The van der Waals surface area contributed by atoms with Gasteiger partial charge in [0.2, 0.25) is 5.88 Å². The third kappa shape index (κ3) is 6.20. The van der Waals surface area contributed by atoms with Gasteiger partial charge in [0.1, 0.15) is 23.6 Å². The Morgan fingerprint density at radius 1 is 1.05 bits per heavy atom. The van der Waals surface area contributed by atoms with E-state index >= 15 is 0 Å². The maximum atomic E-state index is 12.6. The number of Topliss-reactive ketones (excluding diaryl/α,β-unsaturated/α-hetero) is 1. The molecule has 4 aromatic rings. The number of carbonyl (C=O) groups is 1. The number of halogens is 2. The highest BCUT2D eigenvalue weighted by Crippen LogP contribution is 2.27. The standard InChI is InChI=1S/C26H25F2N5O5S/c1-39(35,36)21-8-4-18(5-9-21)33-24-22(14-31-33)25(30-16-29-24)37-20-10-12-32(13-11-20)15-23(34)17-2-6-19(7-3-17)38-26(27)28/h2-9,14,16,20,26H,10-13,15H2,1H3. The van der Waals surface area contributed by atoms with Crippen LogP contribution in [-0.4, -0.2) is 77.5 Å². The molecule has 0 bridgehead atoms. The zero-order valence-electron chi connectivity index (χ0n) is 20.9. The fourth-order valence-corrected chi connectivity index (χ4v) is 5.03. The van der Waals surface area contributed by atoms with Gasteiger partial charge < -0.3 is 9.47 Å². The van der Waals surface area contributed by atoms with Gasteiger partial charge in [0.05, 0.1) is 23.3 Å². The van der Waals surface area contributed by atoms with E-state index < -0.39 is 16.4 Å². The molecule has 0 aliphatic carbocycles. The second kappa shape index (κ2) is 11.0. The van der Waals surface area contributed by atoms with Gasteiger partial charge in [-0.1, -0.05) is 0 Å². The number of hydrogen-bond acceptors (Lipinski definition) is 9. The first-order valence-electron chi connectivity index (χ1n) is 12.1. The molecule has 13 heteroatoms. The van der Waals surface area contributed by atoms with Crippen LogP contribution in [0.1, 0.15) is 23.2 Å². The summed E-state index contributed by atoms with van der Waals surface area (Å²) in [5, 5.41) is 5.02. The maximum Gasteiger partial charge on any atom is 0.387 e. The third-order valence-electron chi connectivity index (χ3n) is 6.42. The summed E-state index contributed by atoms with van der Waals surface area (Å²) in [7, 11) is -3.31. The number of nitrogens with zero attached hydrogens (tertiary/aromatic N) is 5. The van der Waals surface area contributed by atoms with Crippen molar-refractivity contribution in [3.8, 4) is 17.3 Å². The van der Waals surface area contributed by atoms with Crippen molar-refractivity contribution in [2.24, 2.45) is 0 Å². The molecule has 2 aromatic heterocycles. The molecule has 10 nitrogen and oxygen atoms in total. The number of piperidine rings is 1. The Labute approximate surface area is 223 Å². The molecule has 2 aromatic carbocycles. The predicted molar refractivity (Wildman–Crippen MR) is 137 cm³/mol. The SMILES string of the molecule is CS(=O)(=O)c1ccc(-n2ncc3c(OC4CCN(CC(=O)c5ccc(OC(F)F)cc5)CC4)ncnc32)cc1. The molecule has 0 saturated carbocycles. The topological polar surface area (TPSA) is 117 Å². The zero-order chi connectivity index (χ0) is 27.6. The van der Waals surface area contributed by atoms with E-state index in [4.69, 9.17) is 4.74 Å². The molecular formula is C26H25F2N5O5S. The van der Waals surface area contributed by atoms with Crippen LogP contribution in [-0.2, 0) is 9.84 Å². The van der Waals surface area contributed by atoms with Gasteiger partial charge in [-0.05, 0) is 61.4 Å². The van der Waals surface area contributed by atoms with Gasteiger partial charge in [0.15, 0.2) is 21.3 Å². The lowest BCUT2D eigenvalue weighted by atomic mass is 10.1. The molecule has 1 saturated heterocycles. The Kier molecular flexibility index (Phi) is 7.53. The summed E-state index contributed by atoms with van der Waals surface area (Å²) >= 11 is 0. The van der Waals surface area contributed by atoms with Crippen LogP contribution < -0.4 is 9.47 Å². The molecule has 1 aliphatic heterocycles. The van der Waals surface area contributed by atoms with E-state index in [9.17, 15) is 22.0 Å². The number of aromatic nitrogens is 4. The smallest absolute Gasteiger partial charge is 0.387 e. The number of alkyl halides is 2. The van der Waals surface area contributed by atoms with Crippen molar-refractivity contribution >= 4 is 26.7 Å². The minimum absolute atomic E-state index is 0.00809. The fourth-order valence-electron chi connectivity index (χ4n) is 4.40. The van der Waals surface area contributed by atoms with Gasteiger partial charge in [-0.3, -0.25) is 9.69 Å². The Morgan fingerprint density at radius 2 is 1.74 bits per heavy atom. The molecular weight excluding hydrogens is 532 g/mol. The van der Waals surface area contributed by atoms with Crippen molar-refractivity contribution in [1.29, 1.82) is 0 Å². The summed E-state index contributed by atoms with van der Waals surface area (Å²) in [6.45, 7) is -1.41. The Bertz CT molecular complexity index is 1570. The van der Waals surface area contributed by atoms with Crippen molar-refractivity contribution in [1.82, 2.24) is 24.6 Å². The average Bonchev–Trinajstić information content (AvgIpc) is 3.35. The second-order valence-electron chi connectivity index (χ2n) is 9.16. The van der Waals surface area contributed by atoms with Gasteiger partial charge in [0.25, 0.3) is 0 Å². The van der Waals surface area contributed by atoms with Crippen LogP contribution in [0.25, 0.3) is 16.7 Å². The van der Waals surface area contributed by atoms with E-state index in [1.165, 1.54) is 42.7 Å². The maximum absolute atomic E-state index is 12.6. The van der Waals surface area contributed by atoms with Crippen molar-refractivity contribution in [2.45, 2.75) is 30.5 Å². The minimum Gasteiger partial charge on any atom is -0.474 e. The first kappa shape index (κ1) is 26.6. The fraction of sp³-hybridized carbons (Fsp3) is 0.308. The van der Waals surface area contributed by atoms with Crippen molar-refractivity contribution < 1.29 is 31.5 Å². The molecule has 0 spiro atoms. The van der Waals surface area contributed by atoms with E-state index in [0.29, 0.717) is 54.1 Å². The highest BCUT2D eigenvalue weighted by molar-refractivity contribution is 7.90. The number of ketones is 1. The Balaban J connectivity index is 1.20. The number of carbonyl (C=O) groups excluding carboxylic acids is 1. The lowest BCUT2D eigenvalue weighted by Gasteiger charge is -2.31. The summed E-state index contributed by atoms with van der Waals surface area (Å²) in [6, 6.07) is 12.0. The van der Waals surface area contributed by atoms with E-state index in [1.807, 2.05) is 4.90 Å². The van der Waals surface area contributed by atoms with Crippen LogP contribution in [0.3, 0.4) is 0 Å². The van der Waals surface area contributed by atoms with Gasteiger partial charge in [-0.15, -0.1) is 0 Å². The van der Waals surface area contributed by atoms with Crippen LogP contribution in [0, 0.1) is 0 Å². The number of rotatable bonds is 9. The lowest BCUT2D eigenvalue weighted by molar-refractivity contribution is -0.0498. The summed E-state index contributed by atoms with van der Waals surface area (Å²) in [5.41, 5.74) is 1.61. The zero-order valence-corrected chi connectivity index (χ0v) is 21.7. The summed E-state index contributed by atoms with van der Waals surface area (Å²) < 4.78 is 60.2. The third-order valence-corrected chi connectivity index (χ3v) is 7.55. The van der Waals surface area contributed by atoms with Crippen LogP contribution >= 0.6 is 0 Å². The lowest BCUT2D eigenvalue weighted by Crippen LogP contribution is -2.40.